The summed E-state index contributed by atoms with van der Waals surface area (Å²) in [6, 6.07) is 6.62. The minimum atomic E-state index is -0.379. The maximum absolute atomic E-state index is 10.6. The Balaban J connectivity index is 1.70. The van der Waals surface area contributed by atoms with Crippen molar-refractivity contribution in [1.82, 2.24) is 5.32 Å². The highest BCUT2D eigenvalue weighted by Crippen LogP contribution is 2.34. The van der Waals surface area contributed by atoms with Crippen molar-refractivity contribution < 1.29 is 9.66 Å². The monoisotopic (exact) mass is 262 g/mol. The van der Waals surface area contributed by atoms with E-state index in [1.54, 1.807) is 12.1 Å². The largest absolute Gasteiger partial charge is 0.356 e. The van der Waals surface area contributed by atoms with Gasteiger partial charge in [0.05, 0.1) is 11.0 Å². The maximum atomic E-state index is 10.6. The Kier molecular flexibility index (Phi) is 3.48. The van der Waals surface area contributed by atoms with E-state index in [-0.39, 0.29) is 16.8 Å². The predicted octanol–water partition coefficient (Wildman–Crippen LogP) is 2.77. The summed E-state index contributed by atoms with van der Waals surface area (Å²) in [7, 11) is 0. The lowest BCUT2D eigenvalue weighted by atomic mass is 9.85. The Morgan fingerprint density at radius 3 is 2.68 bits per heavy atom. The third kappa shape index (κ3) is 2.62. The van der Waals surface area contributed by atoms with Gasteiger partial charge < -0.3 is 4.74 Å². The molecule has 5 heteroatoms. The van der Waals surface area contributed by atoms with Gasteiger partial charge in [0.2, 0.25) is 0 Å². The molecule has 19 heavy (non-hydrogen) atoms. The normalized spacial score (nSPS) is 30.6. The molecule has 3 rings (SSSR count). The van der Waals surface area contributed by atoms with Crippen LogP contribution in [0.5, 0.6) is 0 Å². The quantitative estimate of drug-likeness (QED) is 0.657. The van der Waals surface area contributed by atoms with Crippen LogP contribution in [0.1, 0.15) is 37.5 Å². The van der Waals surface area contributed by atoms with E-state index in [1.165, 1.54) is 31.4 Å². The molecule has 3 unspecified atom stereocenters. The number of nitro groups is 1. The van der Waals surface area contributed by atoms with Crippen molar-refractivity contribution in [1.29, 1.82) is 0 Å². The van der Waals surface area contributed by atoms with Crippen LogP contribution in [0, 0.1) is 16.0 Å². The molecule has 1 aromatic carbocycles. The van der Waals surface area contributed by atoms with Gasteiger partial charge in [0.25, 0.3) is 5.69 Å². The third-order valence-corrected chi connectivity index (χ3v) is 4.12. The van der Waals surface area contributed by atoms with E-state index in [0.717, 1.165) is 18.5 Å². The molecule has 1 N–H and O–H groups in total. The van der Waals surface area contributed by atoms with Crippen molar-refractivity contribution in [3.8, 4) is 0 Å². The number of hydrogen-bond acceptors (Lipinski definition) is 4. The Labute approximate surface area is 112 Å². The van der Waals surface area contributed by atoms with Crippen LogP contribution in [0.15, 0.2) is 24.3 Å². The van der Waals surface area contributed by atoms with Gasteiger partial charge in [0.1, 0.15) is 6.23 Å². The van der Waals surface area contributed by atoms with E-state index in [9.17, 15) is 10.1 Å². The summed E-state index contributed by atoms with van der Waals surface area (Å²) < 4.78 is 6.10. The van der Waals surface area contributed by atoms with Crippen molar-refractivity contribution in [2.75, 3.05) is 6.54 Å². The molecule has 102 valence electrons. The van der Waals surface area contributed by atoms with Gasteiger partial charge in [-0.3, -0.25) is 15.4 Å². The summed E-state index contributed by atoms with van der Waals surface area (Å²) in [5.41, 5.74) is 1.09. The zero-order valence-electron chi connectivity index (χ0n) is 10.7. The topological polar surface area (TPSA) is 64.4 Å². The van der Waals surface area contributed by atoms with Crippen molar-refractivity contribution in [3.05, 3.63) is 39.9 Å². The van der Waals surface area contributed by atoms with Gasteiger partial charge >= 0.3 is 0 Å². The second-order valence-electron chi connectivity index (χ2n) is 5.36. The van der Waals surface area contributed by atoms with Gasteiger partial charge in [-0.2, -0.15) is 0 Å². The molecule has 1 saturated carbocycles. The molecule has 3 atom stereocenters. The van der Waals surface area contributed by atoms with Crippen molar-refractivity contribution in [3.63, 3.8) is 0 Å². The zero-order valence-corrected chi connectivity index (χ0v) is 10.7. The highest BCUT2D eigenvalue weighted by Gasteiger charge is 2.33. The number of benzene rings is 1. The standard InChI is InChI=1S/C14H18N2O3/c17-16(18)12-7-5-10(6-8-12)14-15-9-11-3-1-2-4-13(11)19-14/h5-8,11,13-15H,1-4,9H2. The number of nitro benzene ring substituents is 1. The lowest BCUT2D eigenvalue weighted by molar-refractivity contribution is -0.384. The second kappa shape index (κ2) is 5.27. The highest BCUT2D eigenvalue weighted by atomic mass is 16.6. The Morgan fingerprint density at radius 1 is 1.21 bits per heavy atom. The number of ether oxygens (including phenoxy) is 1. The number of nitrogens with one attached hydrogen (secondary N) is 1. The summed E-state index contributed by atoms with van der Waals surface area (Å²) in [6.07, 6.45) is 5.14. The van der Waals surface area contributed by atoms with Crippen LogP contribution in [0.4, 0.5) is 5.69 Å². The van der Waals surface area contributed by atoms with Gasteiger partial charge in [-0.05, 0) is 36.5 Å². The number of hydrogen-bond donors (Lipinski definition) is 1. The number of rotatable bonds is 2. The first-order chi connectivity index (χ1) is 9.24. The van der Waals surface area contributed by atoms with Crippen LogP contribution in [-0.2, 0) is 4.74 Å². The molecule has 0 bridgehead atoms. The fourth-order valence-corrected chi connectivity index (χ4v) is 3.03. The average Bonchev–Trinajstić information content (AvgIpc) is 2.47. The van der Waals surface area contributed by atoms with Gasteiger partial charge in [-0.25, -0.2) is 0 Å². The smallest absolute Gasteiger partial charge is 0.269 e. The molecular weight excluding hydrogens is 244 g/mol. The van der Waals surface area contributed by atoms with Crippen molar-refractivity contribution >= 4 is 5.69 Å². The fourth-order valence-electron chi connectivity index (χ4n) is 3.03. The first-order valence-corrected chi connectivity index (χ1v) is 6.87. The summed E-state index contributed by atoms with van der Waals surface area (Å²) >= 11 is 0. The first-order valence-electron chi connectivity index (χ1n) is 6.87. The molecule has 0 spiro atoms. The number of fused-ring (bicyclic) bond motifs is 1. The lowest BCUT2D eigenvalue weighted by Crippen LogP contribution is -2.45. The zero-order chi connectivity index (χ0) is 13.2. The van der Waals surface area contributed by atoms with Crippen LogP contribution < -0.4 is 5.32 Å². The van der Waals surface area contributed by atoms with E-state index in [0.29, 0.717) is 12.0 Å². The molecule has 0 radical (unpaired) electrons. The Morgan fingerprint density at radius 2 is 1.95 bits per heavy atom. The molecule has 5 nitrogen and oxygen atoms in total. The maximum Gasteiger partial charge on any atom is 0.269 e. The van der Waals surface area contributed by atoms with Gasteiger partial charge in [-0.15, -0.1) is 0 Å². The summed E-state index contributed by atoms with van der Waals surface area (Å²) in [5, 5.41) is 14.0. The van der Waals surface area contributed by atoms with Gasteiger partial charge in [0.15, 0.2) is 0 Å². The van der Waals surface area contributed by atoms with Crippen LogP contribution >= 0.6 is 0 Å². The van der Waals surface area contributed by atoms with Crippen LogP contribution in [0.3, 0.4) is 0 Å². The summed E-state index contributed by atoms with van der Waals surface area (Å²) in [4.78, 5) is 10.3. The average molecular weight is 262 g/mol. The molecule has 1 heterocycles. The molecule has 0 aromatic heterocycles. The second-order valence-corrected chi connectivity index (χ2v) is 5.36. The minimum Gasteiger partial charge on any atom is -0.356 e. The van der Waals surface area contributed by atoms with Crippen LogP contribution in [-0.4, -0.2) is 17.6 Å². The SMILES string of the molecule is O=[N+]([O-])c1ccc(C2NCC3CCCCC3O2)cc1. The molecule has 1 saturated heterocycles. The van der Waals surface area contributed by atoms with E-state index in [2.05, 4.69) is 5.32 Å². The minimum absolute atomic E-state index is 0.120. The Bertz CT molecular complexity index is 460. The number of non-ortho nitro benzene ring substituents is 1. The van der Waals surface area contributed by atoms with Crippen LogP contribution in [0.25, 0.3) is 0 Å². The van der Waals surface area contributed by atoms with E-state index < -0.39 is 0 Å². The van der Waals surface area contributed by atoms with Gasteiger partial charge in [-0.1, -0.05) is 12.8 Å². The molecular formula is C14H18N2O3. The Hall–Kier alpha value is -1.46. The predicted molar refractivity (Wildman–Crippen MR) is 70.7 cm³/mol. The lowest BCUT2D eigenvalue weighted by Gasteiger charge is -2.40. The van der Waals surface area contributed by atoms with Gasteiger partial charge in [0, 0.05) is 18.7 Å². The first kappa shape index (κ1) is 12.6. The van der Waals surface area contributed by atoms with Crippen molar-refractivity contribution in [2.24, 2.45) is 5.92 Å². The summed E-state index contributed by atoms with van der Waals surface area (Å²) in [6.45, 7) is 0.978. The third-order valence-electron chi connectivity index (χ3n) is 4.12. The fraction of sp³-hybridized carbons (Fsp3) is 0.571. The van der Waals surface area contributed by atoms with E-state index >= 15 is 0 Å². The molecule has 2 aliphatic rings. The molecule has 1 aromatic rings. The van der Waals surface area contributed by atoms with E-state index in [4.69, 9.17) is 4.74 Å². The molecule has 1 aliphatic carbocycles. The van der Waals surface area contributed by atoms with E-state index in [1.807, 2.05) is 0 Å². The van der Waals surface area contributed by atoms with Crippen molar-refractivity contribution in [2.45, 2.75) is 38.0 Å². The number of nitrogens with zero attached hydrogens (tertiary/aromatic N) is 1. The molecule has 2 fully saturated rings. The molecule has 1 aliphatic heterocycles. The highest BCUT2D eigenvalue weighted by molar-refractivity contribution is 5.33. The summed E-state index contributed by atoms with van der Waals surface area (Å²) in [5.74, 6) is 0.628. The molecule has 0 amide bonds. The van der Waals surface area contributed by atoms with Crippen LogP contribution in [0.2, 0.25) is 0 Å².